The molecule has 1 saturated carbocycles. The van der Waals surface area contributed by atoms with Crippen LogP contribution in [0.3, 0.4) is 0 Å². The molecule has 4 heteroatoms. The van der Waals surface area contributed by atoms with Crippen molar-refractivity contribution in [2.75, 3.05) is 11.4 Å². The van der Waals surface area contributed by atoms with Crippen molar-refractivity contribution in [3.05, 3.63) is 28.8 Å². The number of halogens is 1. The van der Waals surface area contributed by atoms with Gasteiger partial charge in [0.2, 0.25) is 0 Å². The fourth-order valence-electron chi connectivity index (χ4n) is 2.24. The highest BCUT2D eigenvalue weighted by Gasteiger charge is 2.32. The molecule has 0 aliphatic heterocycles. The second-order valence-electron chi connectivity index (χ2n) is 5.55. The number of carbonyl (C=O) groups is 1. The molecule has 0 amide bonds. The van der Waals surface area contributed by atoms with Gasteiger partial charge >= 0.3 is 5.97 Å². The number of carboxylic acids is 1. The van der Waals surface area contributed by atoms with Gasteiger partial charge in [0.25, 0.3) is 0 Å². The van der Waals surface area contributed by atoms with Gasteiger partial charge in [-0.25, -0.2) is 4.79 Å². The van der Waals surface area contributed by atoms with E-state index in [-0.39, 0.29) is 0 Å². The molecule has 104 valence electrons. The first-order chi connectivity index (χ1) is 9.00. The molecule has 0 radical (unpaired) electrons. The standard InChI is InChI=1S/C15H20ClNO2/c1-10(2)8-9-17(11-6-7-11)14-12(15(18)19)4-3-5-13(14)16/h3-5,10-11H,6-9H2,1-2H3,(H,18,19). The minimum Gasteiger partial charge on any atom is -0.478 e. The molecule has 0 aromatic heterocycles. The van der Waals surface area contributed by atoms with Crippen molar-refractivity contribution in [1.82, 2.24) is 0 Å². The molecule has 3 nitrogen and oxygen atoms in total. The van der Waals surface area contributed by atoms with Crippen LogP contribution in [0.25, 0.3) is 0 Å². The van der Waals surface area contributed by atoms with Crippen LogP contribution in [0.2, 0.25) is 5.02 Å². The van der Waals surface area contributed by atoms with Gasteiger partial charge in [-0.15, -0.1) is 0 Å². The van der Waals surface area contributed by atoms with Crippen LogP contribution in [0, 0.1) is 5.92 Å². The molecule has 2 rings (SSSR count). The molecule has 19 heavy (non-hydrogen) atoms. The number of rotatable bonds is 6. The third kappa shape index (κ3) is 3.41. The first-order valence-electron chi connectivity index (χ1n) is 6.79. The summed E-state index contributed by atoms with van der Waals surface area (Å²) in [7, 11) is 0. The van der Waals surface area contributed by atoms with E-state index >= 15 is 0 Å². The molecule has 0 spiro atoms. The van der Waals surface area contributed by atoms with Gasteiger partial charge in [0.1, 0.15) is 0 Å². The van der Waals surface area contributed by atoms with Gasteiger partial charge in [-0.1, -0.05) is 31.5 Å². The maximum absolute atomic E-state index is 11.4. The van der Waals surface area contributed by atoms with E-state index in [2.05, 4.69) is 18.7 Å². The molecule has 0 atom stereocenters. The summed E-state index contributed by atoms with van der Waals surface area (Å²) in [4.78, 5) is 13.6. The first kappa shape index (κ1) is 14.2. The minimum absolute atomic E-state index is 0.308. The van der Waals surface area contributed by atoms with Crippen LogP contribution in [0.1, 0.15) is 43.5 Å². The van der Waals surface area contributed by atoms with E-state index in [0.717, 1.165) is 25.8 Å². The predicted octanol–water partition coefficient (Wildman–Crippen LogP) is 4.05. The SMILES string of the molecule is CC(C)CCN(c1c(Cl)cccc1C(=O)O)C1CC1. The second-order valence-corrected chi connectivity index (χ2v) is 5.96. The number of hydrogen-bond donors (Lipinski definition) is 1. The molecule has 1 fully saturated rings. The number of carboxylic acid groups (broad SMARTS) is 1. The highest BCUT2D eigenvalue weighted by Crippen LogP contribution is 2.38. The van der Waals surface area contributed by atoms with E-state index in [0.29, 0.717) is 28.2 Å². The zero-order valence-electron chi connectivity index (χ0n) is 11.4. The molecular weight excluding hydrogens is 262 g/mol. The van der Waals surface area contributed by atoms with Gasteiger partial charge in [-0.3, -0.25) is 0 Å². The highest BCUT2D eigenvalue weighted by atomic mass is 35.5. The predicted molar refractivity (Wildman–Crippen MR) is 78.2 cm³/mol. The summed E-state index contributed by atoms with van der Waals surface area (Å²) >= 11 is 6.25. The summed E-state index contributed by atoms with van der Waals surface area (Å²) in [6, 6.07) is 5.56. The summed E-state index contributed by atoms with van der Waals surface area (Å²) < 4.78 is 0. The molecular formula is C15H20ClNO2. The number of benzene rings is 1. The van der Waals surface area contributed by atoms with Gasteiger partial charge < -0.3 is 10.0 Å². The third-order valence-corrected chi connectivity index (χ3v) is 3.74. The summed E-state index contributed by atoms with van der Waals surface area (Å²) in [6.07, 6.45) is 3.30. The van der Waals surface area contributed by atoms with E-state index in [1.807, 2.05) is 0 Å². The summed E-state index contributed by atoms with van der Waals surface area (Å²) in [5.41, 5.74) is 1.00. The van der Waals surface area contributed by atoms with Crippen LogP contribution in [-0.4, -0.2) is 23.7 Å². The maximum Gasteiger partial charge on any atom is 0.337 e. The van der Waals surface area contributed by atoms with Gasteiger partial charge in [0.05, 0.1) is 16.3 Å². The van der Waals surface area contributed by atoms with Crippen molar-refractivity contribution < 1.29 is 9.90 Å². The molecule has 0 bridgehead atoms. The van der Waals surface area contributed by atoms with E-state index in [9.17, 15) is 9.90 Å². The first-order valence-corrected chi connectivity index (χ1v) is 7.17. The van der Waals surface area contributed by atoms with Gasteiger partial charge in [-0.2, -0.15) is 0 Å². The lowest BCUT2D eigenvalue weighted by molar-refractivity contribution is 0.0697. The fourth-order valence-corrected chi connectivity index (χ4v) is 2.52. The number of aromatic carboxylic acids is 1. The second kappa shape index (κ2) is 5.83. The van der Waals surface area contributed by atoms with Crippen molar-refractivity contribution in [1.29, 1.82) is 0 Å². The average molecular weight is 282 g/mol. The Balaban J connectivity index is 2.32. The molecule has 1 aliphatic rings. The average Bonchev–Trinajstić information content (AvgIpc) is 3.14. The van der Waals surface area contributed by atoms with E-state index in [1.54, 1.807) is 18.2 Å². The van der Waals surface area contributed by atoms with Crippen molar-refractivity contribution in [2.45, 2.75) is 39.2 Å². The zero-order chi connectivity index (χ0) is 14.0. The summed E-state index contributed by atoms with van der Waals surface area (Å²) in [5.74, 6) is -0.315. The van der Waals surface area contributed by atoms with Crippen LogP contribution in [-0.2, 0) is 0 Å². The molecule has 1 aliphatic carbocycles. The largest absolute Gasteiger partial charge is 0.478 e. The summed E-state index contributed by atoms with van der Waals surface area (Å²) in [6.45, 7) is 5.22. The van der Waals surface area contributed by atoms with Gasteiger partial charge in [0.15, 0.2) is 0 Å². The normalized spacial score (nSPS) is 14.7. The van der Waals surface area contributed by atoms with Crippen LogP contribution in [0.15, 0.2) is 18.2 Å². The van der Waals surface area contributed by atoms with Crippen molar-refractivity contribution in [3.63, 3.8) is 0 Å². The summed E-state index contributed by atoms with van der Waals surface area (Å²) in [5, 5.41) is 9.87. The van der Waals surface area contributed by atoms with Crippen LogP contribution < -0.4 is 4.90 Å². The maximum atomic E-state index is 11.4. The number of hydrogen-bond acceptors (Lipinski definition) is 2. The Bertz CT molecular complexity index is 469. The number of anilines is 1. The number of para-hydroxylation sites is 1. The Morgan fingerprint density at radius 2 is 2.16 bits per heavy atom. The minimum atomic E-state index is -0.910. The van der Waals surface area contributed by atoms with Crippen LogP contribution >= 0.6 is 11.6 Å². The molecule has 1 aromatic rings. The van der Waals surface area contributed by atoms with Gasteiger partial charge in [-0.05, 0) is 37.3 Å². The smallest absolute Gasteiger partial charge is 0.337 e. The lowest BCUT2D eigenvalue weighted by Crippen LogP contribution is -2.29. The molecule has 1 N–H and O–H groups in total. The fraction of sp³-hybridized carbons (Fsp3) is 0.533. The third-order valence-electron chi connectivity index (χ3n) is 3.44. The Morgan fingerprint density at radius 1 is 1.47 bits per heavy atom. The van der Waals surface area contributed by atoms with Crippen molar-refractivity contribution in [2.24, 2.45) is 5.92 Å². The van der Waals surface area contributed by atoms with Gasteiger partial charge in [0, 0.05) is 12.6 Å². The van der Waals surface area contributed by atoms with Crippen molar-refractivity contribution >= 4 is 23.3 Å². The molecule has 1 aromatic carbocycles. The zero-order valence-corrected chi connectivity index (χ0v) is 12.2. The molecule has 0 saturated heterocycles. The number of nitrogens with zero attached hydrogens (tertiary/aromatic N) is 1. The Hall–Kier alpha value is -1.22. The van der Waals surface area contributed by atoms with Crippen molar-refractivity contribution in [3.8, 4) is 0 Å². The topological polar surface area (TPSA) is 40.5 Å². The molecule has 0 heterocycles. The Morgan fingerprint density at radius 3 is 2.68 bits per heavy atom. The molecule has 0 unspecified atom stereocenters. The van der Waals surface area contributed by atoms with E-state index < -0.39 is 5.97 Å². The van der Waals surface area contributed by atoms with Crippen LogP contribution in [0.4, 0.5) is 5.69 Å². The van der Waals surface area contributed by atoms with E-state index in [4.69, 9.17) is 11.6 Å². The van der Waals surface area contributed by atoms with Crippen LogP contribution in [0.5, 0.6) is 0 Å². The lowest BCUT2D eigenvalue weighted by atomic mass is 10.1. The quantitative estimate of drug-likeness (QED) is 0.855. The van der Waals surface area contributed by atoms with E-state index in [1.165, 1.54) is 0 Å². The highest BCUT2D eigenvalue weighted by molar-refractivity contribution is 6.34. The monoisotopic (exact) mass is 281 g/mol. The lowest BCUT2D eigenvalue weighted by Gasteiger charge is -2.28. The Labute approximate surface area is 119 Å². The Kier molecular flexibility index (Phi) is 4.35.